The van der Waals surface area contributed by atoms with Crippen molar-refractivity contribution in [3.63, 3.8) is 0 Å². The number of methoxy groups -OCH3 is 1. The van der Waals surface area contributed by atoms with E-state index in [2.05, 4.69) is 0 Å². The molecular weight excluding hydrogens is 324 g/mol. The number of nitrogens with zero attached hydrogens (tertiary/aromatic N) is 1. The zero-order chi connectivity index (χ0) is 17.4. The van der Waals surface area contributed by atoms with Crippen LogP contribution in [0.25, 0.3) is 0 Å². The van der Waals surface area contributed by atoms with E-state index in [4.69, 9.17) is 10.5 Å². The Labute approximate surface area is 146 Å². The van der Waals surface area contributed by atoms with Gasteiger partial charge in [0.25, 0.3) is 0 Å². The lowest BCUT2D eigenvalue weighted by Crippen LogP contribution is -2.38. The van der Waals surface area contributed by atoms with Gasteiger partial charge in [0.15, 0.2) is 0 Å². The van der Waals surface area contributed by atoms with Gasteiger partial charge in [-0.2, -0.15) is 0 Å². The van der Waals surface area contributed by atoms with E-state index in [1.807, 2.05) is 47.8 Å². The van der Waals surface area contributed by atoms with E-state index in [0.29, 0.717) is 6.54 Å². The lowest BCUT2D eigenvalue weighted by Gasteiger charge is -2.26. The van der Waals surface area contributed by atoms with Crippen LogP contribution in [0.2, 0.25) is 0 Å². The standard InChI is InChI=1S/C18H24N2O3S/c1-23-15(11-19)10-18(22)20(12-14-6-3-2-4-7-14)13-16(21)17-8-5-9-24-17/h2-9,15-16,21H,10-13,19H2,1H3. The highest BCUT2D eigenvalue weighted by molar-refractivity contribution is 7.10. The number of aliphatic hydroxyl groups excluding tert-OH is 1. The monoisotopic (exact) mass is 348 g/mol. The molecule has 1 amide bonds. The van der Waals surface area contributed by atoms with Crippen LogP contribution in [0.3, 0.4) is 0 Å². The molecule has 5 nitrogen and oxygen atoms in total. The highest BCUT2D eigenvalue weighted by atomic mass is 32.1. The lowest BCUT2D eigenvalue weighted by atomic mass is 10.1. The Balaban J connectivity index is 2.09. The zero-order valence-electron chi connectivity index (χ0n) is 13.8. The van der Waals surface area contributed by atoms with Crippen LogP contribution >= 0.6 is 11.3 Å². The van der Waals surface area contributed by atoms with E-state index in [9.17, 15) is 9.90 Å². The molecule has 6 heteroatoms. The summed E-state index contributed by atoms with van der Waals surface area (Å²) in [5.41, 5.74) is 6.64. The van der Waals surface area contributed by atoms with Gasteiger partial charge in [-0.25, -0.2) is 0 Å². The van der Waals surface area contributed by atoms with Crippen molar-refractivity contribution in [2.75, 3.05) is 20.2 Å². The molecule has 1 aromatic carbocycles. The molecule has 0 spiro atoms. The minimum atomic E-state index is -0.698. The fourth-order valence-corrected chi connectivity index (χ4v) is 3.13. The average Bonchev–Trinajstić information content (AvgIpc) is 3.14. The molecule has 2 unspecified atom stereocenters. The summed E-state index contributed by atoms with van der Waals surface area (Å²) in [5.74, 6) is -0.0771. The van der Waals surface area contributed by atoms with Crippen molar-refractivity contribution in [3.8, 4) is 0 Å². The molecule has 3 N–H and O–H groups in total. The summed E-state index contributed by atoms with van der Waals surface area (Å²) in [6, 6.07) is 13.5. The molecule has 0 aliphatic rings. The minimum absolute atomic E-state index is 0.0771. The molecule has 130 valence electrons. The third-order valence-corrected chi connectivity index (χ3v) is 4.81. The Morgan fingerprint density at radius 2 is 2.04 bits per heavy atom. The molecule has 1 aromatic heterocycles. The van der Waals surface area contributed by atoms with Crippen LogP contribution in [-0.4, -0.2) is 42.2 Å². The van der Waals surface area contributed by atoms with E-state index in [1.54, 1.807) is 12.0 Å². The maximum absolute atomic E-state index is 12.7. The van der Waals surface area contributed by atoms with Crippen LogP contribution in [0.15, 0.2) is 47.8 Å². The van der Waals surface area contributed by atoms with Gasteiger partial charge in [-0.05, 0) is 17.0 Å². The first-order valence-electron chi connectivity index (χ1n) is 7.90. The number of carbonyl (C=O) groups excluding carboxylic acids is 1. The number of thiophene rings is 1. The predicted molar refractivity (Wildman–Crippen MR) is 95.6 cm³/mol. The normalized spacial score (nSPS) is 13.5. The second-order valence-corrected chi connectivity index (χ2v) is 6.57. The minimum Gasteiger partial charge on any atom is -0.386 e. The molecule has 0 aliphatic carbocycles. The van der Waals surface area contributed by atoms with Crippen molar-refractivity contribution >= 4 is 17.2 Å². The molecule has 2 rings (SSSR count). The molecule has 2 aromatic rings. The van der Waals surface area contributed by atoms with Crippen LogP contribution in [0.1, 0.15) is 23.0 Å². The highest BCUT2D eigenvalue weighted by Gasteiger charge is 2.22. The van der Waals surface area contributed by atoms with Gasteiger partial charge in [0.2, 0.25) is 5.91 Å². The van der Waals surface area contributed by atoms with Crippen molar-refractivity contribution in [1.29, 1.82) is 0 Å². The number of ether oxygens (including phenoxy) is 1. The van der Waals surface area contributed by atoms with Crippen LogP contribution in [0, 0.1) is 0 Å². The number of benzene rings is 1. The smallest absolute Gasteiger partial charge is 0.225 e. The second kappa shape index (κ2) is 9.54. The average molecular weight is 348 g/mol. The molecule has 0 saturated carbocycles. The topological polar surface area (TPSA) is 75.8 Å². The quantitative estimate of drug-likeness (QED) is 0.728. The second-order valence-electron chi connectivity index (χ2n) is 5.59. The molecule has 0 saturated heterocycles. The number of amides is 1. The molecule has 0 fully saturated rings. The molecule has 0 radical (unpaired) electrons. The fraction of sp³-hybridized carbons (Fsp3) is 0.389. The van der Waals surface area contributed by atoms with Gasteiger partial charge < -0.3 is 20.5 Å². The lowest BCUT2D eigenvalue weighted by molar-refractivity contribution is -0.135. The van der Waals surface area contributed by atoms with E-state index >= 15 is 0 Å². The number of aliphatic hydroxyl groups is 1. The summed E-state index contributed by atoms with van der Waals surface area (Å²) < 4.78 is 5.21. The number of hydrogen-bond donors (Lipinski definition) is 2. The van der Waals surface area contributed by atoms with Crippen LogP contribution in [0.5, 0.6) is 0 Å². The summed E-state index contributed by atoms with van der Waals surface area (Å²) in [6.07, 6.45) is -0.803. The first-order chi connectivity index (χ1) is 11.6. The summed E-state index contributed by atoms with van der Waals surface area (Å²) in [5, 5.41) is 12.3. The van der Waals surface area contributed by atoms with Crippen molar-refractivity contribution < 1.29 is 14.6 Å². The molecule has 2 atom stereocenters. The maximum Gasteiger partial charge on any atom is 0.225 e. The Bertz CT molecular complexity index is 600. The Hall–Kier alpha value is -1.73. The summed E-state index contributed by atoms with van der Waals surface area (Å²) >= 11 is 1.48. The van der Waals surface area contributed by atoms with Crippen molar-refractivity contribution in [2.45, 2.75) is 25.2 Å². The van der Waals surface area contributed by atoms with E-state index in [1.165, 1.54) is 11.3 Å². The van der Waals surface area contributed by atoms with Crippen LogP contribution in [0.4, 0.5) is 0 Å². The first-order valence-corrected chi connectivity index (χ1v) is 8.78. The van der Waals surface area contributed by atoms with Gasteiger partial charge in [-0.1, -0.05) is 36.4 Å². The van der Waals surface area contributed by atoms with Crippen LogP contribution in [-0.2, 0) is 16.1 Å². The molecule has 0 bridgehead atoms. The third-order valence-electron chi connectivity index (χ3n) is 3.83. The fourth-order valence-electron chi connectivity index (χ4n) is 2.42. The predicted octanol–water partition coefficient (Wildman–Crippen LogP) is 2.17. The number of hydrogen-bond acceptors (Lipinski definition) is 5. The molecule has 0 aliphatic heterocycles. The summed E-state index contributed by atoms with van der Waals surface area (Å²) in [4.78, 5) is 15.2. The highest BCUT2D eigenvalue weighted by Crippen LogP contribution is 2.21. The van der Waals surface area contributed by atoms with Gasteiger partial charge in [0.1, 0.15) is 6.10 Å². The third kappa shape index (κ3) is 5.42. The summed E-state index contributed by atoms with van der Waals surface area (Å²) in [6.45, 7) is 0.979. The zero-order valence-corrected chi connectivity index (χ0v) is 14.6. The molecule has 1 heterocycles. The largest absolute Gasteiger partial charge is 0.386 e. The van der Waals surface area contributed by atoms with Crippen LogP contribution < -0.4 is 5.73 Å². The van der Waals surface area contributed by atoms with Gasteiger partial charge in [0, 0.05) is 25.1 Å². The first kappa shape index (κ1) is 18.6. The van der Waals surface area contributed by atoms with E-state index < -0.39 is 6.10 Å². The number of carbonyl (C=O) groups is 1. The Morgan fingerprint density at radius 3 is 2.62 bits per heavy atom. The van der Waals surface area contributed by atoms with Gasteiger partial charge in [-0.15, -0.1) is 11.3 Å². The van der Waals surface area contributed by atoms with E-state index in [0.717, 1.165) is 10.4 Å². The summed E-state index contributed by atoms with van der Waals surface area (Å²) in [7, 11) is 1.55. The van der Waals surface area contributed by atoms with Gasteiger partial charge in [0.05, 0.1) is 19.1 Å². The number of nitrogens with two attached hydrogens (primary N) is 1. The van der Waals surface area contributed by atoms with E-state index in [-0.39, 0.29) is 31.5 Å². The van der Waals surface area contributed by atoms with Gasteiger partial charge in [-0.3, -0.25) is 4.79 Å². The van der Waals surface area contributed by atoms with Crippen molar-refractivity contribution in [1.82, 2.24) is 4.90 Å². The molecule has 24 heavy (non-hydrogen) atoms. The van der Waals surface area contributed by atoms with Crippen molar-refractivity contribution in [3.05, 3.63) is 58.3 Å². The van der Waals surface area contributed by atoms with Crippen molar-refractivity contribution in [2.24, 2.45) is 5.73 Å². The van der Waals surface area contributed by atoms with Gasteiger partial charge >= 0.3 is 0 Å². The maximum atomic E-state index is 12.7. The Kier molecular flexibility index (Phi) is 7.39. The number of rotatable bonds is 9. The Morgan fingerprint density at radius 1 is 1.29 bits per heavy atom. The molecular formula is C18H24N2O3S. The SMILES string of the molecule is COC(CN)CC(=O)N(Cc1ccccc1)CC(O)c1cccs1.